The predicted molar refractivity (Wildman–Crippen MR) is 55.0 cm³/mol. The molecule has 1 rings (SSSR count). The lowest BCUT2D eigenvalue weighted by Gasteiger charge is -2.09. The van der Waals surface area contributed by atoms with Crippen LogP contribution in [0.3, 0.4) is 0 Å². The third kappa shape index (κ3) is 2.96. The van der Waals surface area contributed by atoms with Crippen molar-refractivity contribution in [3.8, 4) is 5.88 Å². The first-order valence-corrected chi connectivity index (χ1v) is 4.91. The third-order valence-corrected chi connectivity index (χ3v) is 2.12. The lowest BCUT2D eigenvalue weighted by molar-refractivity contribution is 0.390. The van der Waals surface area contributed by atoms with Crippen LogP contribution in [0.25, 0.3) is 0 Å². The van der Waals surface area contributed by atoms with Gasteiger partial charge < -0.3 is 10.5 Å². The Labute approximate surface area is 84.5 Å². The molecule has 0 fully saturated rings. The van der Waals surface area contributed by atoms with Crippen molar-refractivity contribution in [3.05, 3.63) is 17.8 Å². The van der Waals surface area contributed by atoms with Crippen molar-refractivity contribution in [2.24, 2.45) is 5.73 Å². The van der Waals surface area contributed by atoms with Crippen LogP contribution in [-0.2, 0) is 0 Å². The smallest absolute Gasteiger partial charge is 0.233 e. The maximum atomic E-state index is 5.93. The van der Waals surface area contributed by atoms with Crippen molar-refractivity contribution in [3.63, 3.8) is 0 Å². The minimum absolute atomic E-state index is 0.00615. The molecule has 14 heavy (non-hydrogen) atoms. The molecule has 0 amide bonds. The number of nitrogens with two attached hydrogens (primary N) is 1. The Morgan fingerprint density at radius 1 is 1.43 bits per heavy atom. The van der Waals surface area contributed by atoms with Gasteiger partial charge in [0.25, 0.3) is 0 Å². The highest BCUT2D eigenvalue weighted by molar-refractivity contribution is 5.13. The SMILES string of the molecule is CCCCC(N)c1ccc(OC)nn1. The second-order valence-electron chi connectivity index (χ2n) is 3.25. The first kappa shape index (κ1) is 10.9. The molecular weight excluding hydrogens is 178 g/mol. The molecule has 0 bridgehead atoms. The van der Waals surface area contributed by atoms with Crippen molar-refractivity contribution in [2.45, 2.75) is 32.2 Å². The summed E-state index contributed by atoms with van der Waals surface area (Å²) < 4.78 is 4.92. The second-order valence-corrected chi connectivity index (χ2v) is 3.25. The van der Waals surface area contributed by atoms with Gasteiger partial charge in [0.1, 0.15) is 0 Å². The summed E-state index contributed by atoms with van der Waals surface area (Å²) in [4.78, 5) is 0. The summed E-state index contributed by atoms with van der Waals surface area (Å²) in [5.74, 6) is 0.524. The largest absolute Gasteiger partial charge is 0.480 e. The van der Waals surface area contributed by atoms with Crippen molar-refractivity contribution in [1.29, 1.82) is 0 Å². The molecule has 4 nitrogen and oxygen atoms in total. The fraction of sp³-hybridized carbons (Fsp3) is 0.600. The summed E-state index contributed by atoms with van der Waals surface area (Å²) in [6.07, 6.45) is 3.23. The third-order valence-electron chi connectivity index (χ3n) is 2.12. The lowest BCUT2D eigenvalue weighted by Crippen LogP contribution is -2.12. The summed E-state index contributed by atoms with van der Waals surface area (Å²) in [5.41, 5.74) is 6.76. The van der Waals surface area contributed by atoms with Crippen LogP contribution in [0.2, 0.25) is 0 Å². The molecule has 0 radical (unpaired) electrons. The molecule has 1 heterocycles. The maximum Gasteiger partial charge on any atom is 0.233 e. The number of aromatic nitrogens is 2. The molecular formula is C10H17N3O. The van der Waals surface area contributed by atoms with Crippen LogP contribution in [0.15, 0.2) is 12.1 Å². The van der Waals surface area contributed by atoms with E-state index in [4.69, 9.17) is 10.5 Å². The summed E-state index contributed by atoms with van der Waals surface area (Å²) >= 11 is 0. The number of rotatable bonds is 5. The predicted octanol–water partition coefficient (Wildman–Crippen LogP) is 1.68. The van der Waals surface area contributed by atoms with Gasteiger partial charge in [-0.25, -0.2) is 0 Å². The Bertz CT molecular complexity index is 261. The van der Waals surface area contributed by atoms with Crippen LogP contribution in [0.1, 0.15) is 37.9 Å². The number of nitrogens with zero attached hydrogens (tertiary/aromatic N) is 2. The van der Waals surface area contributed by atoms with Gasteiger partial charge in [-0.3, -0.25) is 0 Å². The van der Waals surface area contributed by atoms with E-state index in [-0.39, 0.29) is 6.04 Å². The summed E-state index contributed by atoms with van der Waals surface area (Å²) in [6, 6.07) is 3.65. The molecule has 0 aliphatic heterocycles. The van der Waals surface area contributed by atoms with E-state index in [0.717, 1.165) is 25.0 Å². The molecule has 1 aromatic heterocycles. The first-order chi connectivity index (χ1) is 6.77. The average Bonchev–Trinajstić information content (AvgIpc) is 2.26. The van der Waals surface area contributed by atoms with Gasteiger partial charge in [0.05, 0.1) is 12.8 Å². The Hall–Kier alpha value is -1.16. The van der Waals surface area contributed by atoms with Crippen LogP contribution >= 0.6 is 0 Å². The lowest BCUT2D eigenvalue weighted by atomic mass is 10.1. The highest BCUT2D eigenvalue weighted by atomic mass is 16.5. The van der Waals surface area contributed by atoms with Crippen molar-refractivity contribution in [2.75, 3.05) is 7.11 Å². The van der Waals surface area contributed by atoms with Gasteiger partial charge in [-0.05, 0) is 12.5 Å². The zero-order chi connectivity index (χ0) is 10.4. The van der Waals surface area contributed by atoms with Gasteiger partial charge in [0.15, 0.2) is 0 Å². The van der Waals surface area contributed by atoms with E-state index >= 15 is 0 Å². The van der Waals surface area contributed by atoms with E-state index in [9.17, 15) is 0 Å². The van der Waals surface area contributed by atoms with E-state index in [1.54, 1.807) is 13.2 Å². The second kappa shape index (κ2) is 5.54. The van der Waals surface area contributed by atoms with Crippen LogP contribution in [0.5, 0.6) is 5.88 Å². The molecule has 0 aliphatic rings. The average molecular weight is 195 g/mol. The number of hydrogen-bond acceptors (Lipinski definition) is 4. The number of hydrogen-bond donors (Lipinski definition) is 1. The van der Waals surface area contributed by atoms with Gasteiger partial charge in [-0.1, -0.05) is 19.8 Å². The Kier molecular flexibility index (Phi) is 4.32. The topological polar surface area (TPSA) is 61.0 Å². The summed E-state index contributed by atoms with van der Waals surface area (Å²) in [7, 11) is 1.57. The molecule has 0 aromatic carbocycles. The molecule has 4 heteroatoms. The molecule has 2 N–H and O–H groups in total. The standard InChI is InChI=1S/C10H17N3O/c1-3-4-5-8(11)9-6-7-10(14-2)13-12-9/h6-8H,3-5,11H2,1-2H3. The molecule has 0 saturated heterocycles. The van der Waals surface area contributed by atoms with E-state index in [0.29, 0.717) is 5.88 Å². The number of methoxy groups -OCH3 is 1. The van der Waals surface area contributed by atoms with E-state index in [1.165, 1.54) is 0 Å². The fourth-order valence-corrected chi connectivity index (χ4v) is 1.21. The van der Waals surface area contributed by atoms with Crippen molar-refractivity contribution >= 4 is 0 Å². The minimum atomic E-state index is -0.00615. The first-order valence-electron chi connectivity index (χ1n) is 4.91. The number of unbranched alkanes of at least 4 members (excludes halogenated alkanes) is 1. The minimum Gasteiger partial charge on any atom is -0.480 e. The molecule has 0 spiro atoms. The van der Waals surface area contributed by atoms with Gasteiger partial charge >= 0.3 is 0 Å². The van der Waals surface area contributed by atoms with Crippen molar-refractivity contribution in [1.82, 2.24) is 10.2 Å². The molecule has 1 aromatic rings. The summed E-state index contributed by atoms with van der Waals surface area (Å²) in [5, 5.41) is 7.88. The van der Waals surface area contributed by atoms with Gasteiger partial charge in [-0.2, -0.15) is 5.10 Å². The number of ether oxygens (including phenoxy) is 1. The van der Waals surface area contributed by atoms with Crippen LogP contribution < -0.4 is 10.5 Å². The van der Waals surface area contributed by atoms with E-state index in [1.807, 2.05) is 6.07 Å². The fourth-order valence-electron chi connectivity index (χ4n) is 1.21. The molecule has 1 unspecified atom stereocenters. The molecule has 1 atom stereocenters. The molecule has 0 saturated carbocycles. The molecule has 0 aliphatic carbocycles. The highest BCUT2D eigenvalue weighted by Crippen LogP contribution is 2.15. The van der Waals surface area contributed by atoms with Crippen LogP contribution in [0.4, 0.5) is 0 Å². The molecule has 78 valence electrons. The maximum absolute atomic E-state index is 5.93. The van der Waals surface area contributed by atoms with Crippen LogP contribution in [0, 0.1) is 0 Å². The monoisotopic (exact) mass is 195 g/mol. The Balaban J connectivity index is 2.57. The van der Waals surface area contributed by atoms with Crippen LogP contribution in [-0.4, -0.2) is 17.3 Å². The van der Waals surface area contributed by atoms with E-state index < -0.39 is 0 Å². The Morgan fingerprint density at radius 2 is 2.21 bits per heavy atom. The summed E-state index contributed by atoms with van der Waals surface area (Å²) in [6.45, 7) is 2.15. The van der Waals surface area contributed by atoms with Gasteiger partial charge in [0.2, 0.25) is 5.88 Å². The normalized spacial score (nSPS) is 12.5. The van der Waals surface area contributed by atoms with Gasteiger partial charge in [0, 0.05) is 12.1 Å². The van der Waals surface area contributed by atoms with Gasteiger partial charge in [-0.15, -0.1) is 5.10 Å². The highest BCUT2D eigenvalue weighted by Gasteiger charge is 2.07. The quantitative estimate of drug-likeness (QED) is 0.776. The van der Waals surface area contributed by atoms with E-state index in [2.05, 4.69) is 17.1 Å². The van der Waals surface area contributed by atoms with Crippen molar-refractivity contribution < 1.29 is 4.74 Å². The Morgan fingerprint density at radius 3 is 2.71 bits per heavy atom. The zero-order valence-electron chi connectivity index (χ0n) is 8.73. The zero-order valence-corrected chi connectivity index (χ0v) is 8.73.